The van der Waals surface area contributed by atoms with Crippen LogP contribution in [0.2, 0.25) is 0 Å². The highest BCUT2D eigenvalue weighted by molar-refractivity contribution is 7.98. The lowest BCUT2D eigenvalue weighted by atomic mass is 9.81. The van der Waals surface area contributed by atoms with E-state index in [1.165, 1.54) is 0 Å². The van der Waals surface area contributed by atoms with Gasteiger partial charge in [-0.1, -0.05) is 6.92 Å². The van der Waals surface area contributed by atoms with Gasteiger partial charge in [-0.2, -0.15) is 0 Å². The summed E-state index contributed by atoms with van der Waals surface area (Å²) >= 11 is 3.43. The van der Waals surface area contributed by atoms with Crippen LogP contribution in [0, 0.1) is 12.3 Å². The van der Waals surface area contributed by atoms with Crippen LogP contribution in [0.1, 0.15) is 40.8 Å². The molecule has 1 aliphatic heterocycles. The number of hydrogen-bond donors (Lipinski definition) is 2. The lowest BCUT2D eigenvalue weighted by Gasteiger charge is -2.34. The van der Waals surface area contributed by atoms with Gasteiger partial charge in [-0.05, 0) is 62.5 Å². The lowest BCUT2D eigenvalue weighted by Crippen LogP contribution is -2.42. The highest BCUT2D eigenvalue weighted by atomic mass is 32.2. The van der Waals surface area contributed by atoms with Crippen molar-refractivity contribution in [1.82, 2.24) is 15.6 Å². The number of rotatable bonds is 6. The second-order valence-corrected chi connectivity index (χ2v) is 9.03. The van der Waals surface area contributed by atoms with Gasteiger partial charge in [-0.15, -0.1) is 23.1 Å². The zero-order valence-electron chi connectivity index (χ0n) is 14.8. The zero-order chi connectivity index (χ0) is 17.7. The number of hydrogen-bond acceptors (Lipinski definition) is 5. The molecule has 4 nitrogen and oxygen atoms in total. The molecule has 0 atom stereocenters. The van der Waals surface area contributed by atoms with Crippen molar-refractivity contribution in [2.75, 3.05) is 19.6 Å². The minimum absolute atomic E-state index is 0.0198. The van der Waals surface area contributed by atoms with Crippen LogP contribution in [0.25, 0.3) is 0 Å². The summed E-state index contributed by atoms with van der Waals surface area (Å²) in [5.74, 6) is 0.883. The summed E-state index contributed by atoms with van der Waals surface area (Å²) in [6.45, 7) is 7.10. The maximum absolute atomic E-state index is 12.4. The van der Waals surface area contributed by atoms with Gasteiger partial charge >= 0.3 is 0 Å². The first kappa shape index (κ1) is 18.4. The van der Waals surface area contributed by atoms with Crippen molar-refractivity contribution in [3.63, 3.8) is 0 Å². The Hall–Kier alpha value is -1.37. The summed E-state index contributed by atoms with van der Waals surface area (Å²) in [4.78, 5) is 18.0. The third-order valence-electron chi connectivity index (χ3n) is 4.66. The van der Waals surface area contributed by atoms with Gasteiger partial charge in [-0.25, -0.2) is 4.98 Å². The first-order valence-electron chi connectivity index (χ1n) is 8.67. The summed E-state index contributed by atoms with van der Waals surface area (Å²) in [6.07, 6.45) is 2.22. The number of amides is 1. The highest BCUT2D eigenvalue weighted by Crippen LogP contribution is 2.27. The average molecular weight is 376 g/mol. The molecule has 134 valence electrons. The monoisotopic (exact) mass is 375 g/mol. The number of carbonyl (C=O) groups excluding carboxylic acids is 1. The molecule has 2 heterocycles. The van der Waals surface area contributed by atoms with E-state index in [-0.39, 0.29) is 11.3 Å². The van der Waals surface area contributed by atoms with Crippen LogP contribution in [0.5, 0.6) is 0 Å². The fourth-order valence-corrected chi connectivity index (χ4v) is 4.45. The smallest absolute Gasteiger partial charge is 0.251 e. The van der Waals surface area contributed by atoms with Gasteiger partial charge in [0.2, 0.25) is 0 Å². The van der Waals surface area contributed by atoms with Crippen LogP contribution in [0.3, 0.4) is 0 Å². The molecular weight excluding hydrogens is 350 g/mol. The van der Waals surface area contributed by atoms with Crippen LogP contribution in [-0.2, 0) is 5.75 Å². The van der Waals surface area contributed by atoms with E-state index in [1.54, 1.807) is 23.1 Å². The van der Waals surface area contributed by atoms with Crippen molar-refractivity contribution in [3.8, 4) is 0 Å². The van der Waals surface area contributed by atoms with Gasteiger partial charge in [0.05, 0.1) is 10.7 Å². The van der Waals surface area contributed by atoms with Gasteiger partial charge in [0.1, 0.15) is 0 Å². The zero-order valence-corrected chi connectivity index (χ0v) is 16.4. The van der Waals surface area contributed by atoms with Crippen molar-refractivity contribution in [3.05, 3.63) is 45.9 Å². The maximum atomic E-state index is 12.4. The molecule has 2 N–H and O–H groups in total. The Balaban J connectivity index is 1.50. The lowest BCUT2D eigenvalue weighted by molar-refractivity contribution is 0.0922. The number of carbonyl (C=O) groups is 1. The summed E-state index contributed by atoms with van der Waals surface area (Å²) in [6, 6.07) is 7.86. The summed E-state index contributed by atoms with van der Waals surface area (Å²) in [5.41, 5.74) is 2.05. The van der Waals surface area contributed by atoms with E-state index in [1.807, 2.05) is 31.2 Å². The van der Waals surface area contributed by atoms with Crippen molar-refractivity contribution in [2.24, 2.45) is 5.41 Å². The second kappa shape index (κ2) is 8.34. The fraction of sp³-hybridized carbons (Fsp3) is 0.474. The van der Waals surface area contributed by atoms with Gasteiger partial charge in [0.15, 0.2) is 0 Å². The first-order valence-corrected chi connectivity index (χ1v) is 10.5. The van der Waals surface area contributed by atoms with Crippen LogP contribution in [-0.4, -0.2) is 30.5 Å². The van der Waals surface area contributed by atoms with Gasteiger partial charge < -0.3 is 10.6 Å². The second-order valence-electron chi connectivity index (χ2n) is 6.91. The van der Waals surface area contributed by atoms with E-state index in [9.17, 15) is 4.79 Å². The maximum Gasteiger partial charge on any atom is 0.251 e. The number of nitrogens with zero attached hydrogens (tertiary/aromatic N) is 1. The van der Waals surface area contributed by atoms with E-state index >= 15 is 0 Å². The molecule has 0 radical (unpaired) electrons. The third-order valence-corrected chi connectivity index (χ3v) is 6.52. The Morgan fingerprint density at radius 1 is 1.32 bits per heavy atom. The topological polar surface area (TPSA) is 54.0 Å². The van der Waals surface area contributed by atoms with Crippen LogP contribution >= 0.6 is 23.1 Å². The fourth-order valence-electron chi connectivity index (χ4n) is 2.94. The van der Waals surface area contributed by atoms with Crippen LogP contribution in [0.15, 0.2) is 34.5 Å². The standard InChI is InChI=1S/C19H25N3OS2/c1-14-22-16(11-24-14)12-25-17-5-3-15(4-6-17)18(23)21-13-19(2)7-9-20-10-8-19/h3-6,11,20H,7-10,12-13H2,1-2H3,(H,21,23). The van der Waals surface area contributed by atoms with E-state index in [4.69, 9.17) is 0 Å². The van der Waals surface area contributed by atoms with E-state index in [0.717, 1.165) is 59.4 Å². The van der Waals surface area contributed by atoms with Gasteiger partial charge in [0, 0.05) is 28.1 Å². The molecule has 0 bridgehead atoms. The first-order chi connectivity index (χ1) is 12.0. The van der Waals surface area contributed by atoms with Crippen LogP contribution in [0.4, 0.5) is 0 Å². The number of aryl methyl sites for hydroxylation is 1. The van der Waals surface area contributed by atoms with E-state index < -0.39 is 0 Å². The van der Waals surface area contributed by atoms with E-state index in [2.05, 4.69) is 27.9 Å². The SMILES string of the molecule is Cc1nc(CSc2ccc(C(=O)NCC3(C)CCNCC3)cc2)cs1. The Bertz CT molecular complexity index is 706. The predicted molar refractivity (Wildman–Crippen MR) is 105 cm³/mol. The average Bonchev–Trinajstić information content (AvgIpc) is 3.04. The molecule has 0 saturated carbocycles. The molecule has 1 aliphatic rings. The molecule has 1 aromatic carbocycles. The number of thiazole rings is 1. The number of piperidine rings is 1. The summed E-state index contributed by atoms with van der Waals surface area (Å²) in [5, 5.41) is 9.68. The Kier molecular flexibility index (Phi) is 6.15. The third kappa shape index (κ3) is 5.30. The van der Waals surface area contributed by atoms with Crippen molar-refractivity contribution >= 4 is 29.0 Å². The number of nitrogens with one attached hydrogen (secondary N) is 2. The molecule has 1 saturated heterocycles. The van der Waals surface area contributed by atoms with Gasteiger partial charge in [-0.3, -0.25) is 4.79 Å². The molecule has 6 heteroatoms. The minimum Gasteiger partial charge on any atom is -0.351 e. The summed E-state index contributed by atoms with van der Waals surface area (Å²) < 4.78 is 0. The molecule has 0 aliphatic carbocycles. The van der Waals surface area contributed by atoms with Crippen molar-refractivity contribution in [2.45, 2.75) is 37.3 Å². The molecule has 0 unspecified atom stereocenters. The Labute approximate surface area is 157 Å². The quantitative estimate of drug-likeness (QED) is 0.753. The van der Waals surface area contributed by atoms with Crippen molar-refractivity contribution < 1.29 is 4.79 Å². The molecular formula is C19H25N3OS2. The molecule has 1 amide bonds. The molecule has 2 aromatic rings. The largest absolute Gasteiger partial charge is 0.351 e. The number of thioether (sulfide) groups is 1. The predicted octanol–water partition coefficient (Wildman–Crippen LogP) is 3.86. The van der Waals surface area contributed by atoms with Gasteiger partial charge in [0.25, 0.3) is 5.91 Å². The normalized spacial score (nSPS) is 16.6. The molecule has 0 spiro atoms. The number of benzene rings is 1. The molecule has 1 fully saturated rings. The summed E-state index contributed by atoms with van der Waals surface area (Å²) in [7, 11) is 0. The molecule has 25 heavy (non-hydrogen) atoms. The van der Waals surface area contributed by atoms with Crippen LogP contribution < -0.4 is 10.6 Å². The Morgan fingerprint density at radius 3 is 2.68 bits per heavy atom. The molecule has 3 rings (SSSR count). The number of aromatic nitrogens is 1. The Morgan fingerprint density at radius 2 is 2.04 bits per heavy atom. The van der Waals surface area contributed by atoms with Crippen molar-refractivity contribution in [1.29, 1.82) is 0 Å². The minimum atomic E-state index is 0.0198. The highest BCUT2D eigenvalue weighted by Gasteiger charge is 2.27. The van der Waals surface area contributed by atoms with E-state index in [0.29, 0.717) is 0 Å². The molecule has 1 aromatic heterocycles.